The van der Waals surface area contributed by atoms with E-state index in [1.54, 1.807) is 11.3 Å². The van der Waals surface area contributed by atoms with Gasteiger partial charge < -0.3 is 4.90 Å². The highest BCUT2D eigenvalue weighted by Gasteiger charge is 2.18. The molecule has 0 spiro atoms. The molecule has 24 heavy (non-hydrogen) atoms. The third-order valence-electron chi connectivity index (χ3n) is 3.93. The van der Waals surface area contributed by atoms with E-state index in [1.165, 1.54) is 0 Å². The number of anilines is 2. The maximum Gasteiger partial charge on any atom is 0.225 e. The third kappa shape index (κ3) is 2.64. The van der Waals surface area contributed by atoms with Gasteiger partial charge in [-0.25, -0.2) is 4.98 Å². The van der Waals surface area contributed by atoms with Gasteiger partial charge in [-0.2, -0.15) is 4.98 Å². The van der Waals surface area contributed by atoms with Crippen LogP contribution >= 0.6 is 22.9 Å². The molecule has 0 bridgehead atoms. The molecule has 0 atom stereocenters. The minimum Gasteiger partial charge on any atom is -0.329 e. The summed E-state index contributed by atoms with van der Waals surface area (Å²) in [6.07, 6.45) is 0. The van der Waals surface area contributed by atoms with Gasteiger partial charge in [0, 0.05) is 23.7 Å². The number of hydrogen-bond acceptors (Lipinski definition) is 4. The third-order valence-corrected chi connectivity index (χ3v) is 4.97. The zero-order chi connectivity index (χ0) is 16.5. The molecule has 0 amide bonds. The number of fused-ring (bicyclic) bond motifs is 1. The fourth-order valence-electron chi connectivity index (χ4n) is 2.74. The van der Waals surface area contributed by atoms with Gasteiger partial charge in [0.15, 0.2) is 0 Å². The summed E-state index contributed by atoms with van der Waals surface area (Å²) in [5.74, 6) is 0.816. The molecule has 4 aromatic rings. The van der Waals surface area contributed by atoms with Crippen molar-refractivity contribution in [1.82, 2.24) is 9.97 Å². The van der Waals surface area contributed by atoms with Crippen LogP contribution in [0.5, 0.6) is 0 Å². The van der Waals surface area contributed by atoms with Crippen LogP contribution in [0.1, 0.15) is 0 Å². The molecule has 0 radical (unpaired) electrons. The molecular formula is C19H14ClN3S. The number of benzene rings is 2. The summed E-state index contributed by atoms with van der Waals surface area (Å²) in [4.78, 5) is 11.9. The predicted molar refractivity (Wildman–Crippen MR) is 102 cm³/mol. The number of halogens is 1. The van der Waals surface area contributed by atoms with Gasteiger partial charge in [-0.15, -0.1) is 11.3 Å². The molecule has 3 nitrogen and oxygen atoms in total. The van der Waals surface area contributed by atoms with Gasteiger partial charge in [-0.1, -0.05) is 48.5 Å². The number of nitrogens with zero attached hydrogens (tertiary/aromatic N) is 3. The van der Waals surface area contributed by atoms with Crippen molar-refractivity contribution in [3.63, 3.8) is 0 Å². The maximum absolute atomic E-state index is 6.17. The summed E-state index contributed by atoms with van der Waals surface area (Å²) in [6.45, 7) is 0. The van der Waals surface area contributed by atoms with E-state index in [-0.39, 0.29) is 5.28 Å². The highest BCUT2D eigenvalue weighted by atomic mass is 35.5. The van der Waals surface area contributed by atoms with E-state index in [0.29, 0.717) is 0 Å². The Hall–Kier alpha value is -2.43. The van der Waals surface area contributed by atoms with Crippen LogP contribution in [0, 0.1) is 0 Å². The zero-order valence-corrected chi connectivity index (χ0v) is 14.6. The molecule has 5 heteroatoms. The SMILES string of the molecule is CN(c1ccccc1)c1nc(Cl)nc2scc(-c3ccccc3)c12. The first-order valence-electron chi connectivity index (χ1n) is 7.53. The Kier molecular flexibility index (Phi) is 3.92. The van der Waals surface area contributed by atoms with Crippen LogP contribution in [0.3, 0.4) is 0 Å². The predicted octanol–water partition coefficient (Wildman–Crippen LogP) is 5.78. The monoisotopic (exact) mass is 351 g/mol. The molecule has 0 saturated heterocycles. The van der Waals surface area contributed by atoms with Crippen molar-refractivity contribution in [1.29, 1.82) is 0 Å². The second-order valence-electron chi connectivity index (χ2n) is 5.41. The summed E-state index contributed by atoms with van der Waals surface area (Å²) in [7, 11) is 2.00. The van der Waals surface area contributed by atoms with Crippen molar-refractivity contribution >= 4 is 44.7 Å². The Labute approximate surface area is 149 Å². The number of aromatic nitrogens is 2. The fraction of sp³-hybridized carbons (Fsp3) is 0.0526. The molecule has 0 aliphatic rings. The first-order valence-corrected chi connectivity index (χ1v) is 8.79. The van der Waals surface area contributed by atoms with Crippen molar-refractivity contribution in [2.24, 2.45) is 0 Å². The van der Waals surface area contributed by atoms with E-state index in [1.807, 2.05) is 43.4 Å². The van der Waals surface area contributed by atoms with Crippen molar-refractivity contribution in [3.8, 4) is 11.1 Å². The molecular weight excluding hydrogens is 338 g/mol. The van der Waals surface area contributed by atoms with E-state index in [4.69, 9.17) is 11.6 Å². The summed E-state index contributed by atoms with van der Waals surface area (Å²) < 4.78 is 0. The van der Waals surface area contributed by atoms with Gasteiger partial charge in [-0.05, 0) is 29.3 Å². The Morgan fingerprint density at radius 1 is 0.917 bits per heavy atom. The Balaban J connectivity index is 1.96. The molecule has 2 aromatic heterocycles. The molecule has 2 heterocycles. The lowest BCUT2D eigenvalue weighted by atomic mass is 10.1. The second kappa shape index (κ2) is 6.23. The van der Waals surface area contributed by atoms with Crippen LogP contribution < -0.4 is 4.90 Å². The van der Waals surface area contributed by atoms with Crippen molar-refractivity contribution in [3.05, 3.63) is 71.3 Å². The highest BCUT2D eigenvalue weighted by molar-refractivity contribution is 7.17. The van der Waals surface area contributed by atoms with E-state index in [0.717, 1.165) is 32.8 Å². The fourth-order valence-corrected chi connectivity index (χ4v) is 3.90. The number of para-hydroxylation sites is 1. The van der Waals surface area contributed by atoms with E-state index in [2.05, 4.69) is 44.5 Å². The van der Waals surface area contributed by atoms with Crippen molar-refractivity contribution < 1.29 is 0 Å². The largest absolute Gasteiger partial charge is 0.329 e. The van der Waals surface area contributed by atoms with E-state index < -0.39 is 0 Å². The molecule has 0 unspecified atom stereocenters. The Bertz CT molecular complexity index is 984. The molecule has 0 fully saturated rings. The van der Waals surface area contributed by atoms with Gasteiger partial charge >= 0.3 is 0 Å². The lowest BCUT2D eigenvalue weighted by molar-refractivity contribution is 1.12. The smallest absolute Gasteiger partial charge is 0.225 e. The maximum atomic E-state index is 6.17. The molecule has 0 saturated carbocycles. The topological polar surface area (TPSA) is 29.0 Å². The van der Waals surface area contributed by atoms with Crippen LogP contribution in [0.25, 0.3) is 21.3 Å². The zero-order valence-electron chi connectivity index (χ0n) is 13.0. The first-order chi connectivity index (χ1) is 11.7. The van der Waals surface area contributed by atoms with Gasteiger partial charge in [0.25, 0.3) is 0 Å². The summed E-state index contributed by atoms with van der Waals surface area (Å²) >= 11 is 7.76. The Morgan fingerprint density at radius 2 is 1.58 bits per heavy atom. The second-order valence-corrected chi connectivity index (χ2v) is 6.60. The molecule has 118 valence electrons. The lowest BCUT2D eigenvalue weighted by Gasteiger charge is -2.20. The summed E-state index contributed by atoms with van der Waals surface area (Å²) in [5.41, 5.74) is 3.33. The van der Waals surface area contributed by atoms with Crippen LogP contribution in [0.4, 0.5) is 11.5 Å². The minimum absolute atomic E-state index is 0.266. The molecule has 0 aliphatic carbocycles. The molecule has 4 rings (SSSR count). The minimum atomic E-state index is 0.266. The molecule has 2 aromatic carbocycles. The standard InChI is InChI=1S/C19H14ClN3S/c1-23(14-10-6-3-7-11-14)17-16-15(13-8-4-2-5-9-13)12-24-18(16)22-19(20)21-17/h2-12H,1H3. The average Bonchev–Trinajstić information content (AvgIpc) is 3.05. The lowest BCUT2D eigenvalue weighted by Crippen LogP contribution is -2.12. The van der Waals surface area contributed by atoms with Gasteiger partial charge in [-0.3, -0.25) is 0 Å². The van der Waals surface area contributed by atoms with E-state index >= 15 is 0 Å². The van der Waals surface area contributed by atoms with E-state index in [9.17, 15) is 0 Å². The van der Waals surface area contributed by atoms with Crippen molar-refractivity contribution in [2.45, 2.75) is 0 Å². The summed E-state index contributed by atoms with van der Waals surface area (Å²) in [5, 5.41) is 3.41. The average molecular weight is 352 g/mol. The molecule has 0 N–H and O–H groups in total. The Morgan fingerprint density at radius 3 is 2.29 bits per heavy atom. The van der Waals surface area contributed by atoms with Gasteiger partial charge in [0.05, 0.1) is 5.39 Å². The summed E-state index contributed by atoms with van der Waals surface area (Å²) in [6, 6.07) is 20.4. The van der Waals surface area contributed by atoms with Gasteiger partial charge in [0.2, 0.25) is 5.28 Å². The van der Waals surface area contributed by atoms with Crippen LogP contribution in [0.15, 0.2) is 66.0 Å². The number of rotatable bonds is 3. The number of hydrogen-bond donors (Lipinski definition) is 0. The quantitative estimate of drug-likeness (QED) is 0.438. The van der Waals surface area contributed by atoms with Gasteiger partial charge in [0.1, 0.15) is 10.6 Å². The van der Waals surface area contributed by atoms with Crippen LogP contribution in [-0.4, -0.2) is 17.0 Å². The first kappa shape index (κ1) is 15.1. The highest BCUT2D eigenvalue weighted by Crippen LogP contribution is 2.40. The van der Waals surface area contributed by atoms with Crippen LogP contribution in [0.2, 0.25) is 5.28 Å². The number of thiophene rings is 1. The normalized spacial score (nSPS) is 10.9. The van der Waals surface area contributed by atoms with Crippen LogP contribution in [-0.2, 0) is 0 Å². The molecule has 0 aliphatic heterocycles. The van der Waals surface area contributed by atoms with Crippen molar-refractivity contribution in [2.75, 3.05) is 11.9 Å².